The predicted octanol–water partition coefficient (Wildman–Crippen LogP) is 3.86. The number of aryl methyl sites for hydroxylation is 2. The monoisotopic (exact) mass is 347 g/mol. The van der Waals surface area contributed by atoms with Gasteiger partial charge >= 0.3 is 0 Å². The molecule has 4 nitrogen and oxygen atoms in total. The van der Waals surface area contributed by atoms with E-state index >= 15 is 0 Å². The third-order valence-electron chi connectivity index (χ3n) is 3.33. The minimum absolute atomic E-state index is 0.118. The Labute approximate surface area is 132 Å². The highest BCUT2D eigenvalue weighted by atomic mass is 79.9. The zero-order valence-electron chi connectivity index (χ0n) is 12.0. The molecule has 0 bridgehead atoms. The second-order valence-corrected chi connectivity index (χ2v) is 5.70. The van der Waals surface area contributed by atoms with Crippen molar-refractivity contribution in [1.29, 1.82) is 0 Å². The molecule has 0 saturated heterocycles. The van der Waals surface area contributed by atoms with Crippen LogP contribution < -0.4 is 16.6 Å². The lowest BCUT2D eigenvalue weighted by Gasteiger charge is -2.12. The Kier molecular flexibility index (Phi) is 4.98. The third-order valence-corrected chi connectivity index (χ3v) is 3.83. The zero-order chi connectivity index (χ0) is 15.4. The maximum atomic E-state index is 12.4. The number of benzene rings is 2. The fourth-order valence-corrected chi connectivity index (χ4v) is 2.58. The molecule has 0 aromatic heterocycles. The summed E-state index contributed by atoms with van der Waals surface area (Å²) in [6, 6.07) is 11.2. The minimum atomic E-state index is -0.118. The van der Waals surface area contributed by atoms with E-state index < -0.39 is 0 Å². The Hall–Kier alpha value is -1.85. The first kappa shape index (κ1) is 15.5. The Morgan fingerprint density at radius 3 is 2.62 bits per heavy atom. The molecule has 0 aliphatic rings. The molecule has 0 saturated carbocycles. The Morgan fingerprint density at radius 1 is 1.24 bits per heavy atom. The molecule has 5 heteroatoms. The third kappa shape index (κ3) is 3.62. The average Bonchev–Trinajstić information content (AvgIpc) is 2.48. The van der Waals surface area contributed by atoms with Crippen LogP contribution in [0.5, 0.6) is 0 Å². The second-order valence-electron chi connectivity index (χ2n) is 4.78. The smallest absolute Gasteiger partial charge is 0.255 e. The molecule has 0 unspecified atom stereocenters. The largest absolute Gasteiger partial charge is 0.324 e. The lowest BCUT2D eigenvalue weighted by molar-refractivity contribution is 0.102. The Morgan fingerprint density at radius 2 is 2.00 bits per heavy atom. The van der Waals surface area contributed by atoms with Crippen molar-refractivity contribution in [2.75, 3.05) is 10.7 Å². The van der Waals surface area contributed by atoms with Crippen molar-refractivity contribution < 1.29 is 4.79 Å². The maximum Gasteiger partial charge on any atom is 0.255 e. The van der Waals surface area contributed by atoms with Gasteiger partial charge in [0.25, 0.3) is 5.91 Å². The number of halogens is 1. The number of nitrogens with two attached hydrogens (primary N) is 1. The summed E-state index contributed by atoms with van der Waals surface area (Å²) in [5, 5.41) is 2.97. The summed E-state index contributed by atoms with van der Waals surface area (Å²) < 4.78 is 1.01. The minimum Gasteiger partial charge on any atom is -0.324 e. The topological polar surface area (TPSA) is 67.2 Å². The number of amides is 1. The van der Waals surface area contributed by atoms with E-state index in [9.17, 15) is 4.79 Å². The van der Waals surface area contributed by atoms with Crippen molar-refractivity contribution in [2.45, 2.75) is 20.3 Å². The SMILES string of the molecule is CCc1cc(Br)ccc1NC(=O)c1ccc(NN)cc1C. The molecule has 1 amide bonds. The molecular formula is C16H18BrN3O. The normalized spacial score (nSPS) is 10.3. The molecule has 0 radical (unpaired) electrons. The van der Waals surface area contributed by atoms with Gasteiger partial charge in [0.1, 0.15) is 0 Å². The van der Waals surface area contributed by atoms with Crippen molar-refractivity contribution in [3.05, 3.63) is 57.6 Å². The van der Waals surface area contributed by atoms with E-state index in [1.165, 1.54) is 0 Å². The van der Waals surface area contributed by atoms with Crippen molar-refractivity contribution in [2.24, 2.45) is 5.84 Å². The van der Waals surface area contributed by atoms with E-state index in [0.717, 1.165) is 33.4 Å². The number of hydrogen-bond acceptors (Lipinski definition) is 3. The van der Waals surface area contributed by atoms with Crippen molar-refractivity contribution in [3.63, 3.8) is 0 Å². The van der Waals surface area contributed by atoms with Crippen molar-refractivity contribution in [1.82, 2.24) is 0 Å². The molecule has 0 atom stereocenters. The fourth-order valence-electron chi connectivity index (χ4n) is 2.17. The standard InChI is InChI=1S/C16H18BrN3O/c1-3-11-9-12(17)4-7-15(11)19-16(21)14-6-5-13(20-18)8-10(14)2/h4-9,20H,3,18H2,1-2H3,(H,19,21). The highest BCUT2D eigenvalue weighted by molar-refractivity contribution is 9.10. The van der Waals surface area contributed by atoms with E-state index in [2.05, 4.69) is 33.6 Å². The molecule has 21 heavy (non-hydrogen) atoms. The predicted molar refractivity (Wildman–Crippen MR) is 90.5 cm³/mol. The van der Waals surface area contributed by atoms with Crippen LogP contribution in [0.2, 0.25) is 0 Å². The van der Waals surface area contributed by atoms with Crippen LogP contribution in [-0.4, -0.2) is 5.91 Å². The molecule has 2 aromatic carbocycles. The van der Waals surface area contributed by atoms with Gasteiger partial charge in [-0.05, 0) is 60.9 Å². The molecule has 2 aromatic rings. The number of rotatable bonds is 4. The maximum absolute atomic E-state index is 12.4. The van der Waals surface area contributed by atoms with E-state index in [0.29, 0.717) is 5.56 Å². The van der Waals surface area contributed by atoms with E-state index in [-0.39, 0.29) is 5.91 Å². The van der Waals surface area contributed by atoms with Crippen molar-refractivity contribution in [3.8, 4) is 0 Å². The van der Waals surface area contributed by atoms with Gasteiger partial charge in [0, 0.05) is 21.4 Å². The molecule has 0 heterocycles. The molecule has 4 N–H and O–H groups in total. The van der Waals surface area contributed by atoms with Crippen LogP contribution in [0.25, 0.3) is 0 Å². The molecule has 110 valence electrons. The van der Waals surface area contributed by atoms with E-state index in [1.54, 1.807) is 12.1 Å². The second kappa shape index (κ2) is 6.74. The van der Waals surface area contributed by atoms with Crippen LogP contribution in [0.4, 0.5) is 11.4 Å². The molecule has 0 aliphatic heterocycles. The Balaban J connectivity index is 2.26. The van der Waals surface area contributed by atoms with Gasteiger partial charge in [-0.2, -0.15) is 0 Å². The zero-order valence-corrected chi connectivity index (χ0v) is 13.6. The van der Waals surface area contributed by atoms with Crippen LogP contribution in [0, 0.1) is 6.92 Å². The highest BCUT2D eigenvalue weighted by Crippen LogP contribution is 2.23. The van der Waals surface area contributed by atoms with Gasteiger partial charge in [-0.15, -0.1) is 0 Å². The van der Waals surface area contributed by atoms with Gasteiger partial charge < -0.3 is 10.7 Å². The van der Waals surface area contributed by atoms with E-state index in [1.807, 2.05) is 31.2 Å². The number of hydrazine groups is 1. The molecule has 0 fully saturated rings. The first-order valence-corrected chi connectivity index (χ1v) is 7.51. The number of carbonyl (C=O) groups is 1. The molecule has 0 spiro atoms. The summed E-state index contributed by atoms with van der Waals surface area (Å²) in [6.07, 6.45) is 0.851. The van der Waals surface area contributed by atoms with Gasteiger partial charge in [0.15, 0.2) is 0 Å². The number of nitrogen functional groups attached to an aromatic ring is 1. The summed E-state index contributed by atoms with van der Waals surface area (Å²) in [4.78, 5) is 12.4. The number of hydrogen-bond donors (Lipinski definition) is 3. The quantitative estimate of drug-likeness (QED) is 0.581. The summed E-state index contributed by atoms with van der Waals surface area (Å²) in [7, 11) is 0. The van der Waals surface area contributed by atoms with E-state index in [4.69, 9.17) is 5.84 Å². The summed E-state index contributed by atoms with van der Waals surface area (Å²) in [5.74, 6) is 5.25. The fraction of sp³-hybridized carbons (Fsp3) is 0.188. The first-order valence-electron chi connectivity index (χ1n) is 6.72. The molecule has 0 aliphatic carbocycles. The van der Waals surface area contributed by atoms with Gasteiger partial charge in [0.2, 0.25) is 0 Å². The van der Waals surface area contributed by atoms with Gasteiger partial charge in [-0.1, -0.05) is 22.9 Å². The number of carbonyl (C=O) groups excluding carboxylic acids is 1. The van der Waals surface area contributed by atoms with Crippen LogP contribution in [0.3, 0.4) is 0 Å². The first-order chi connectivity index (χ1) is 10.0. The number of anilines is 2. The highest BCUT2D eigenvalue weighted by Gasteiger charge is 2.11. The number of nitrogens with one attached hydrogen (secondary N) is 2. The van der Waals surface area contributed by atoms with Crippen LogP contribution >= 0.6 is 15.9 Å². The van der Waals surface area contributed by atoms with Gasteiger partial charge in [-0.25, -0.2) is 0 Å². The van der Waals surface area contributed by atoms with Gasteiger partial charge in [-0.3, -0.25) is 10.6 Å². The average molecular weight is 348 g/mol. The van der Waals surface area contributed by atoms with Crippen LogP contribution in [0.1, 0.15) is 28.4 Å². The van der Waals surface area contributed by atoms with Crippen LogP contribution in [-0.2, 0) is 6.42 Å². The molecular weight excluding hydrogens is 330 g/mol. The van der Waals surface area contributed by atoms with Gasteiger partial charge in [0.05, 0.1) is 0 Å². The summed E-state index contributed by atoms with van der Waals surface area (Å²) >= 11 is 3.44. The van der Waals surface area contributed by atoms with Crippen molar-refractivity contribution >= 4 is 33.2 Å². The lowest BCUT2D eigenvalue weighted by Crippen LogP contribution is -2.15. The lowest BCUT2D eigenvalue weighted by atomic mass is 10.1. The Bertz CT molecular complexity index is 671. The van der Waals surface area contributed by atoms with Crippen LogP contribution in [0.15, 0.2) is 40.9 Å². The molecule has 2 rings (SSSR count). The summed E-state index contributed by atoms with van der Waals surface area (Å²) in [6.45, 7) is 3.95. The summed E-state index contributed by atoms with van der Waals surface area (Å²) in [5.41, 5.74) is 6.79.